The zero-order chi connectivity index (χ0) is 21.3. The van der Waals surface area contributed by atoms with Gasteiger partial charge < -0.3 is 10.1 Å². The lowest BCUT2D eigenvalue weighted by atomic mass is 10.1. The monoisotopic (exact) mass is 485 g/mol. The maximum Gasteiger partial charge on any atom is 0.267 e. The molecular weight excluding hydrogens is 466 g/mol. The second-order valence-electron chi connectivity index (χ2n) is 7.17. The highest BCUT2D eigenvalue weighted by Gasteiger charge is 2.30. The number of amides is 1. The smallest absolute Gasteiger partial charge is 0.267 e. The standard InChI is InChI=1S/C21H20BrN5O2S/c1-4-17-24-25-20-27(17)26-18(30-20)13-6-5-7-15(12-13)23-19(28)21(2,3)29-16-10-8-14(22)9-11-16/h5-12H,4H2,1-3H3,(H,23,28). The number of nitrogens with zero attached hydrogens (tertiary/aromatic N) is 4. The highest BCUT2D eigenvalue weighted by molar-refractivity contribution is 9.10. The molecule has 0 spiro atoms. The van der Waals surface area contributed by atoms with Crippen molar-refractivity contribution in [3.05, 3.63) is 58.8 Å². The van der Waals surface area contributed by atoms with E-state index in [-0.39, 0.29) is 5.91 Å². The van der Waals surface area contributed by atoms with E-state index in [0.717, 1.165) is 32.2 Å². The lowest BCUT2D eigenvalue weighted by molar-refractivity contribution is -0.128. The minimum Gasteiger partial charge on any atom is -0.478 e. The van der Waals surface area contributed by atoms with Crippen LogP contribution >= 0.6 is 27.3 Å². The van der Waals surface area contributed by atoms with E-state index in [0.29, 0.717) is 11.4 Å². The topological polar surface area (TPSA) is 81.4 Å². The first-order valence-electron chi connectivity index (χ1n) is 9.43. The minimum absolute atomic E-state index is 0.242. The maximum atomic E-state index is 12.9. The van der Waals surface area contributed by atoms with Crippen LogP contribution in [-0.2, 0) is 11.2 Å². The number of rotatable bonds is 6. The van der Waals surface area contributed by atoms with E-state index in [1.807, 2.05) is 55.5 Å². The molecule has 2 heterocycles. The molecule has 7 nitrogen and oxygen atoms in total. The molecule has 0 radical (unpaired) electrons. The second kappa shape index (κ2) is 8.16. The van der Waals surface area contributed by atoms with Crippen LogP contribution in [0, 0.1) is 0 Å². The number of carbonyl (C=O) groups is 1. The van der Waals surface area contributed by atoms with Crippen LogP contribution in [0.1, 0.15) is 26.6 Å². The molecular formula is C21H20BrN5O2S. The van der Waals surface area contributed by atoms with Crippen molar-refractivity contribution in [2.24, 2.45) is 0 Å². The van der Waals surface area contributed by atoms with Crippen LogP contribution in [-0.4, -0.2) is 31.3 Å². The Hall–Kier alpha value is -2.78. The molecule has 1 amide bonds. The molecule has 0 fully saturated rings. The summed E-state index contributed by atoms with van der Waals surface area (Å²) < 4.78 is 8.61. The van der Waals surface area contributed by atoms with Gasteiger partial charge in [-0.3, -0.25) is 4.79 Å². The van der Waals surface area contributed by atoms with Crippen molar-refractivity contribution in [3.8, 4) is 16.3 Å². The van der Waals surface area contributed by atoms with Gasteiger partial charge >= 0.3 is 0 Å². The molecule has 154 valence electrons. The van der Waals surface area contributed by atoms with Crippen molar-refractivity contribution >= 4 is 43.8 Å². The number of ether oxygens (including phenoxy) is 1. The van der Waals surface area contributed by atoms with Crippen molar-refractivity contribution in [1.29, 1.82) is 0 Å². The SMILES string of the molecule is CCc1nnc2sc(-c3cccc(NC(=O)C(C)(C)Oc4ccc(Br)cc4)c3)nn12. The lowest BCUT2D eigenvalue weighted by Crippen LogP contribution is -2.42. The van der Waals surface area contributed by atoms with Gasteiger partial charge in [0.25, 0.3) is 5.91 Å². The van der Waals surface area contributed by atoms with Crippen molar-refractivity contribution in [2.75, 3.05) is 5.32 Å². The average molecular weight is 486 g/mol. The molecule has 0 saturated carbocycles. The maximum absolute atomic E-state index is 12.9. The Morgan fingerprint density at radius 2 is 1.97 bits per heavy atom. The molecule has 2 aromatic heterocycles. The summed E-state index contributed by atoms with van der Waals surface area (Å²) in [6.07, 6.45) is 0.758. The van der Waals surface area contributed by atoms with Crippen LogP contribution in [0.25, 0.3) is 15.5 Å². The predicted octanol–water partition coefficient (Wildman–Crippen LogP) is 4.97. The van der Waals surface area contributed by atoms with E-state index < -0.39 is 5.60 Å². The Morgan fingerprint density at radius 1 is 1.20 bits per heavy atom. The summed E-state index contributed by atoms with van der Waals surface area (Å²) in [5.41, 5.74) is 0.525. The number of benzene rings is 2. The third-order valence-corrected chi connectivity index (χ3v) is 5.95. The summed E-state index contributed by atoms with van der Waals surface area (Å²) in [5, 5.41) is 16.7. The molecule has 1 N–H and O–H groups in total. The van der Waals surface area contributed by atoms with Gasteiger partial charge in [0.15, 0.2) is 11.4 Å². The number of nitrogens with one attached hydrogen (secondary N) is 1. The second-order valence-corrected chi connectivity index (χ2v) is 9.04. The van der Waals surface area contributed by atoms with Gasteiger partial charge in [0.2, 0.25) is 4.96 Å². The number of anilines is 1. The van der Waals surface area contributed by atoms with Gasteiger partial charge in [0.05, 0.1) is 0 Å². The fourth-order valence-corrected chi connectivity index (χ4v) is 3.97. The largest absolute Gasteiger partial charge is 0.478 e. The summed E-state index contributed by atoms with van der Waals surface area (Å²) in [4.78, 5) is 13.6. The number of aromatic nitrogens is 4. The number of hydrogen-bond acceptors (Lipinski definition) is 6. The highest BCUT2D eigenvalue weighted by Crippen LogP contribution is 2.28. The lowest BCUT2D eigenvalue weighted by Gasteiger charge is -2.25. The van der Waals surface area contributed by atoms with Crippen LogP contribution in [0.3, 0.4) is 0 Å². The van der Waals surface area contributed by atoms with Gasteiger partial charge in [-0.25, -0.2) is 0 Å². The zero-order valence-corrected chi connectivity index (χ0v) is 19.1. The van der Waals surface area contributed by atoms with Gasteiger partial charge in [0.1, 0.15) is 10.8 Å². The quantitative estimate of drug-likeness (QED) is 0.416. The average Bonchev–Trinajstić information content (AvgIpc) is 3.30. The summed E-state index contributed by atoms with van der Waals surface area (Å²) >= 11 is 4.85. The van der Waals surface area contributed by atoms with E-state index >= 15 is 0 Å². The molecule has 0 aliphatic heterocycles. The van der Waals surface area contributed by atoms with Crippen molar-refractivity contribution in [3.63, 3.8) is 0 Å². The van der Waals surface area contributed by atoms with E-state index in [9.17, 15) is 4.79 Å². The van der Waals surface area contributed by atoms with Crippen molar-refractivity contribution < 1.29 is 9.53 Å². The highest BCUT2D eigenvalue weighted by atomic mass is 79.9. The summed E-state index contributed by atoms with van der Waals surface area (Å²) in [5.74, 6) is 1.20. The normalized spacial score (nSPS) is 11.6. The summed E-state index contributed by atoms with van der Waals surface area (Å²) in [6.45, 7) is 5.50. The molecule has 0 saturated heterocycles. The Labute approximate surface area is 186 Å². The number of hydrogen-bond donors (Lipinski definition) is 1. The minimum atomic E-state index is -1.05. The first-order valence-corrected chi connectivity index (χ1v) is 11.0. The van der Waals surface area contributed by atoms with Gasteiger partial charge in [-0.15, -0.1) is 10.2 Å². The molecule has 2 aromatic carbocycles. The number of carbonyl (C=O) groups excluding carboxylic acids is 1. The molecule has 4 aromatic rings. The van der Waals surface area contributed by atoms with Crippen LogP contribution < -0.4 is 10.1 Å². The number of aryl methyl sites for hydroxylation is 1. The first kappa shape index (κ1) is 20.5. The Kier molecular flexibility index (Phi) is 5.57. The van der Waals surface area contributed by atoms with E-state index in [1.165, 1.54) is 11.3 Å². The molecule has 0 unspecified atom stereocenters. The van der Waals surface area contributed by atoms with Crippen molar-refractivity contribution in [2.45, 2.75) is 32.8 Å². The van der Waals surface area contributed by atoms with Gasteiger partial charge in [-0.1, -0.05) is 46.3 Å². The van der Waals surface area contributed by atoms with E-state index in [1.54, 1.807) is 18.4 Å². The van der Waals surface area contributed by atoms with Gasteiger partial charge in [0, 0.05) is 22.1 Å². The Morgan fingerprint density at radius 3 is 2.70 bits per heavy atom. The fraction of sp³-hybridized carbons (Fsp3) is 0.238. The third kappa shape index (κ3) is 4.22. The zero-order valence-electron chi connectivity index (χ0n) is 16.7. The van der Waals surface area contributed by atoms with Gasteiger partial charge in [-0.05, 0) is 50.2 Å². The molecule has 0 atom stereocenters. The van der Waals surface area contributed by atoms with E-state index in [4.69, 9.17) is 4.74 Å². The molecule has 9 heteroatoms. The third-order valence-electron chi connectivity index (χ3n) is 4.47. The molecule has 30 heavy (non-hydrogen) atoms. The van der Waals surface area contributed by atoms with Crippen LogP contribution in [0.5, 0.6) is 5.75 Å². The number of halogens is 1. The first-order chi connectivity index (χ1) is 14.4. The number of fused-ring (bicyclic) bond motifs is 1. The van der Waals surface area contributed by atoms with E-state index in [2.05, 4.69) is 36.5 Å². The Bertz CT molecular complexity index is 1200. The predicted molar refractivity (Wildman–Crippen MR) is 121 cm³/mol. The van der Waals surface area contributed by atoms with Crippen molar-refractivity contribution in [1.82, 2.24) is 19.8 Å². The fourth-order valence-electron chi connectivity index (χ4n) is 2.85. The summed E-state index contributed by atoms with van der Waals surface area (Å²) in [7, 11) is 0. The van der Waals surface area contributed by atoms with Crippen LogP contribution in [0.2, 0.25) is 0 Å². The Balaban J connectivity index is 1.52. The summed E-state index contributed by atoms with van der Waals surface area (Å²) in [6, 6.07) is 15.0. The molecule has 0 aliphatic carbocycles. The molecule has 0 bridgehead atoms. The van der Waals surface area contributed by atoms with Crippen LogP contribution in [0.15, 0.2) is 53.0 Å². The van der Waals surface area contributed by atoms with Gasteiger partial charge in [-0.2, -0.15) is 9.61 Å². The van der Waals surface area contributed by atoms with Crippen LogP contribution in [0.4, 0.5) is 5.69 Å². The molecule has 4 rings (SSSR count). The molecule has 0 aliphatic rings.